The summed E-state index contributed by atoms with van der Waals surface area (Å²) in [7, 11) is 0. The third-order valence-corrected chi connectivity index (χ3v) is 6.48. The van der Waals surface area contributed by atoms with Crippen molar-refractivity contribution >= 4 is 29.9 Å². The van der Waals surface area contributed by atoms with E-state index in [9.17, 15) is 14.7 Å². The zero-order chi connectivity index (χ0) is 22.0. The van der Waals surface area contributed by atoms with Gasteiger partial charge in [-0.15, -0.1) is 12.4 Å². The van der Waals surface area contributed by atoms with Crippen molar-refractivity contribution in [1.29, 1.82) is 0 Å². The van der Waals surface area contributed by atoms with Gasteiger partial charge in [0.1, 0.15) is 17.2 Å². The zero-order valence-corrected chi connectivity index (χ0v) is 19.7. The number of hydrogen-bond donors (Lipinski definition) is 1. The monoisotopic (exact) mass is 463 g/mol. The number of phenols is 1. The van der Waals surface area contributed by atoms with E-state index in [1.165, 1.54) is 4.90 Å². The molecule has 32 heavy (non-hydrogen) atoms. The summed E-state index contributed by atoms with van der Waals surface area (Å²) in [6, 6.07) is 5.41. The minimum Gasteiger partial charge on any atom is -0.506 e. The summed E-state index contributed by atoms with van der Waals surface area (Å²) in [6.07, 6.45) is 6.28. The van der Waals surface area contributed by atoms with Crippen LogP contribution < -0.4 is 9.64 Å². The van der Waals surface area contributed by atoms with E-state index in [1.807, 2.05) is 32.1 Å². The minimum atomic E-state index is -0.137. The summed E-state index contributed by atoms with van der Waals surface area (Å²) in [4.78, 5) is 31.2. The van der Waals surface area contributed by atoms with Crippen molar-refractivity contribution in [2.24, 2.45) is 11.8 Å². The van der Waals surface area contributed by atoms with E-state index in [2.05, 4.69) is 9.80 Å². The number of ether oxygens (including phenoxy) is 1. The van der Waals surface area contributed by atoms with Crippen LogP contribution in [0.3, 0.4) is 0 Å². The highest BCUT2D eigenvalue weighted by Gasteiger charge is 2.46. The first kappa shape index (κ1) is 24.4. The number of amides is 2. The summed E-state index contributed by atoms with van der Waals surface area (Å²) in [5, 5.41) is 10.4. The number of anilines is 1. The molecular formula is C24H34ClN3O4. The van der Waals surface area contributed by atoms with Crippen LogP contribution >= 0.6 is 12.4 Å². The highest BCUT2D eigenvalue weighted by Crippen LogP contribution is 2.38. The number of carbonyl (C=O) groups is 2. The largest absolute Gasteiger partial charge is 0.506 e. The lowest BCUT2D eigenvalue weighted by Crippen LogP contribution is -2.47. The molecule has 7 nitrogen and oxygen atoms in total. The predicted molar refractivity (Wildman–Crippen MR) is 126 cm³/mol. The summed E-state index contributed by atoms with van der Waals surface area (Å²) >= 11 is 0. The number of carbonyl (C=O) groups excluding carboxylic acids is 2. The molecule has 1 N–H and O–H groups in total. The summed E-state index contributed by atoms with van der Waals surface area (Å²) in [5.74, 6) is 0.714. The fraction of sp³-hybridized carbons (Fsp3) is 0.583. The normalized spacial score (nSPS) is 23.5. The molecular weight excluding hydrogens is 430 g/mol. The fourth-order valence-corrected chi connectivity index (χ4v) is 4.91. The van der Waals surface area contributed by atoms with Gasteiger partial charge in [0.2, 0.25) is 11.8 Å². The van der Waals surface area contributed by atoms with Crippen LogP contribution in [0, 0.1) is 11.8 Å². The molecule has 3 aliphatic rings. The molecule has 0 saturated carbocycles. The van der Waals surface area contributed by atoms with Crippen molar-refractivity contribution < 1.29 is 19.4 Å². The van der Waals surface area contributed by atoms with Gasteiger partial charge in [-0.2, -0.15) is 0 Å². The maximum Gasteiger partial charge on any atom is 0.233 e. The quantitative estimate of drug-likeness (QED) is 0.495. The van der Waals surface area contributed by atoms with Crippen molar-refractivity contribution in [2.45, 2.75) is 39.2 Å². The molecule has 1 aromatic rings. The predicted octanol–water partition coefficient (Wildman–Crippen LogP) is 3.06. The number of benzene rings is 1. The van der Waals surface area contributed by atoms with Gasteiger partial charge < -0.3 is 14.7 Å². The molecule has 0 aromatic heterocycles. The van der Waals surface area contributed by atoms with E-state index in [0.29, 0.717) is 25.1 Å². The number of halogens is 1. The summed E-state index contributed by atoms with van der Waals surface area (Å²) in [5.41, 5.74) is 0.764. The van der Waals surface area contributed by atoms with Gasteiger partial charge in [-0.1, -0.05) is 18.2 Å². The fourth-order valence-electron chi connectivity index (χ4n) is 4.91. The second-order valence-electron chi connectivity index (χ2n) is 8.96. The van der Waals surface area contributed by atoms with Crippen LogP contribution in [0.2, 0.25) is 0 Å². The number of para-hydroxylation sites is 1. The Morgan fingerprint density at radius 1 is 1.00 bits per heavy atom. The van der Waals surface area contributed by atoms with E-state index in [1.54, 1.807) is 12.1 Å². The Morgan fingerprint density at radius 2 is 1.62 bits per heavy atom. The number of nitrogens with zero attached hydrogens (tertiary/aromatic N) is 3. The lowest BCUT2D eigenvalue weighted by atomic mass is 9.85. The van der Waals surface area contributed by atoms with Crippen LogP contribution in [0.4, 0.5) is 5.69 Å². The molecule has 4 rings (SSSR count). The first-order chi connectivity index (χ1) is 15.0. The van der Waals surface area contributed by atoms with Gasteiger partial charge in [0.15, 0.2) is 0 Å². The number of allylic oxidation sites excluding steroid dienone is 2. The molecule has 2 atom stereocenters. The Kier molecular flexibility index (Phi) is 8.06. The molecule has 8 heteroatoms. The van der Waals surface area contributed by atoms with Gasteiger partial charge >= 0.3 is 0 Å². The van der Waals surface area contributed by atoms with Crippen LogP contribution in [0.25, 0.3) is 0 Å². The molecule has 2 amide bonds. The molecule has 0 bridgehead atoms. The number of hydrogen-bond acceptors (Lipinski definition) is 6. The van der Waals surface area contributed by atoms with Crippen LogP contribution in [0.15, 0.2) is 30.4 Å². The Balaban J connectivity index is 0.00000289. The van der Waals surface area contributed by atoms with E-state index in [4.69, 9.17) is 4.74 Å². The number of likely N-dealkylation sites (tertiary alicyclic amines) is 1. The smallest absolute Gasteiger partial charge is 0.233 e. The first-order valence-corrected chi connectivity index (χ1v) is 11.4. The molecule has 2 unspecified atom stereocenters. The third-order valence-electron chi connectivity index (χ3n) is 6.48. The zero-order valence-electron chi connectivity index (χ0n) is 18.9. The molecule has 176 valence electrons. The second kappa shape index (κ2) is 10.6. The standard InChI is InChI=1S/C24H33N3O4.ClH/c1-17(2)31-21-10-5-9-20(28)22(21)26-15-13-25(14-16-26)11-6-12-27-23(29)18-7-3-4-8-19(18)24(27)30;/h3-5,9-10,17-19,28H,6-8,11-16H2,1-2H3;1H. The average molecular weight is 464 g/mol. The van der Waals surface area contributed by atoms with E-state index >= 15 is 0 Å². The highest BCUT2D eigenvalue weighted by atomic mass is 35.5. The summed E-state index contributed by atoms with van der Waals surface area (Å²) in [6.45, 7) is 8.65. The number of imide groups is 1. The molecule has 0 spiro atoms. The molecule has 2 saturated heterocycles. The maximum absolute atomic E-state index is 12.6. The van der Waals surface area contributed by atoms with E-state index in [-0.39, 0.29) is 47.9 Å². The van der Waals surface area contributed by atoms with Gasteiger partial charge in [-0.3, -0.25) is 19.4 Å². The molecule has 2 heterocycles. The van der Waals surface area contributed by atoms with Gasteiger partial charge in [-0.25, -0.2) is 0 Å². The summed E-state index contributed by atoms with van der Waals surface area (Å²) < 4.78 is 5.90. The number of fused-ring (bicyclic) bond motifs is 1. The lowest BCUT2D eigenvalue weighted by molar-refractivity contribution is -0.140. The van der Waals surface area contributed by atoms with Crippen molar-refractivity contribution in [3.05, 3.63) is 30.4 Å². The molecule has 1 aliphatic carbocycles. The van der Waals surface area contributed by atoms with E-state index in [0.717, 1.165) is 44.8 Å². The van der Waals surface area contributed by atoms with Crippen LogP contribution in [0.1, 0.15) is 33.1 Å². The average Bonchev–Trinajstić information content (AvgIpc) is 2.99. The van der Waals surface area contributed by atoms with Crippen molar-refractivity contribution in [2.75, 3.05) is 44.2 Å². The van der Waals surface area contributed by atoms with Crippen molar-refractivity contribution in [1.82, 2.24) is 9.80 Å². The van der Waals surface area contributed by atoms with Gasteiger partial charge in [0.25, 0.3) is 0 Å². The van der Waals surface area contributed by atoms with Gasteiger partial charge in [0.05, 0.1) is 17.9 Å². The number of phenolic OH excluding ortho intramolecular Hbond substituents is 1. The number of aromatic hydroxyl groups is 1. The van der Waals surface area contributed by atoms with Crippen LogP contribution in [-0.2, 0) is 9.59 Å². The van der Waals surface area contributed by atoms with Crippen molar-refractivity contribution in [3.8, 4) is 11.5 Å². The SMILES string of the molecule is CC(C)Oc1cccc(O)c1N1CCN(CCCN2C(=O)C3CC=CCC3C2=O)CC1.Cl. The van der Waals surface area contributed by atoms with Crippen LogP contribution in [-0.4, -0.2) is 72.1 Å². The van der Waals surface area contributed by atoms with Gasteiger partial charge in [0, 0.05) is 32.7 Å². The van der Waals surface area contributed by atoms with Crippen molar-refractivity contribution in [3.63, 3.8) is 0 Å². The Morgan fingerprint density at radius 3 is 2.22 bits per heavy atom. The number of piperazine rings is 1. The third kappa shape index (κ3) is 5.04. The Labute approximate surface area is 196 Å². The highest BCUT2D eigenvalue weighted by molar-refractivity contribution is 6.05. The Bertz CT molecular complexity index is 826. The molecule has 2 fully saturated rings. The van der Waals surface area contributed by atoms with Gasteiger partial charge in [-0.05, 0) is 51.8 Å². The topological polar surface area (TPSA) is 73.3 Å². The number of rotatable bonds is 7. The molecule has 0 radical (unpaired) electrons. The minimum absolute atomic E-state index is 0. The first-order valence-electron chi connectivity index (χ1n) is 11.4. The lowest BCUT2D eigenvalue weighted by Gasteiger charge is -2.37. The Hall–Kier alpha value is -2.25. The molecule has 2 aliphatic heterocycles. The van der Waals surface area contributed by atoms with E-state index < -0.39 is 0 Å². The maximum atomic E-state index is 12.6. The van der Waals surface area contributed by atoms with Crippen LogP contribution in [0.5, 0.6) is 11.5 Å². The second-order valence-corrected chi connectivity index (χ2v) is 8.96. The molecule has 1 aromatic carbocycles.